The molecule has 31 heavy (non-hydrogen) atoms. The van der Waals surface area contributed by atoms with Gasteiger partial charge in [-0.05, 0) is 60.5 Å². The third kappa shape index (κ3) is 5.15. The molecule has 5 nitrogen and oxygen atoms in total. The monoisotopic (exact) mass is 431 g/mol. The van der Waals surface area contributed by atoms with Crippen molar-refractivity contribution in [3.8, 4) is 0 Å². The molecule has 5 heteroatoms. The fourth-order valence-electron chi connectivity index (χ4n) is 6.17. The highest BCUT2D eigenvalue weighted by Crippen LogP contribution is 2.58. The number of ether oxygens (including phenoxy) is 1. The molecule has 0 heterocycles. The van der Waals surface area contributed by atoms with Crippen LogP contribution in [0.5, 0.6) is 0 Å². The molecule has 3 aliphatic rings. The minimum atomic E-state index is -1.47. The molecule has 0 spiro atoms. The molecule has 3 rings (SSSR count). The van der Waals surface area contributed by atoms with E-state index in [0.717, 1.165) is 17.9 Å². The summed E-state index contributed by atoms with van der Waals surface area (Å²) in [6.45, 7) is 8.99. The van der Waals surface area contributed by atoms with E-state index in [1.807, 2.05) is 6.08 Å². The molecule has 0 aliphatic heterocycles. The lowest BCUT2D eigenvalue weighted by molar-refractivity contribution is -0.220. The van der Waals surface area contributed by atoms with Crippen LogP contribution in [0.2, 0.25) is 0 Å². The first-order chi connectivity index (χ1) is 14.6. The minimum Gasteiger partial charge on any atom is -0.388 e. The van der Waals surface area contributed by atoms with E-state index >= 15 is 0 Å². The third-order valence-corrected chi connectivity index (χ3v) is 8.13. The van der Waals surface area contributed by atoms with Gasteiger partial charge in [-0.25, -0.2) is 0 Å². The zero-order valence-electron chi connectivity index (χ0n) is 19.8. The molecular formula is C26H41NO4. The SMILES string of the molecule is C=C1C(=CC=C2CCC[C@]3(C)[C@@H](CC)CC[C@@H]23)C[C@@](O)(OCCC(=O)N(C)C)CC1O. The maximum atomic E-state index is 11.8. The number of carbonyl (C=O) groups is 1. The van der Waals surface area contributed by atoms with Crippen LogP contribution in [-0.4, -0.2) is 53.6 Å². The first-order valence-electron chi connectivity index (χ1n) is 11.9. The summed E-state index contributed by atoms with van der Waals surface area (Å²) < 4.78 is 5.69. The first kappa shape index (κ1) is 24.2. The van der Waals surface area contributed by atoms with Gasteiger partial charge in [-0.3, -0.25) is 4.79 Å². The lowest BCUT2D eigenvalue weighted by atomic mass is 9.63. The Morgan fingerprint density at radius 3 is 2.74 bits per heavy atom. The highest BCUT2D eigenvalue weighted by Gasteiger charge is 2.48. The summed E-state index contributed by atoms with van der Waals surface area (Å²) in [6, 6.07) is 0. The fourth-order valence-corrected chi connectivity index (χ4v) is 6.17. The highest BCUT2D eigenvalue weighted by atomic mass is 16.6. The Labute approximate surface area is 187 Å². The van der Waals surface area contributed by atoms with E-state index < -0.39 is 11.9 Å². The molecular weight excluding hydrogens is 390 g/mol. The van der Waals surface area contributed by atoms with Crippen LogP contribution in [0.15, 0.2) is 35.5 Å². The van der Waals surface area contributed by atoms with Gasteiger partial charge in [-0.2, -0.15) is 0 Å². The van der Waals surface area contributed by atoms with Crippen LogP contribution in [0.3, 0.4) is 0 Å². The molecule has 2 N–H and O–H groups in total. The van der Waals surface area contributed by atoms with Crippen LogP contribution in [0.4, 0.5) is 0 Å². The van der Waals surface area contributed by atoms with Crippen molar-refractivity contribution in [1.29, 1.82) is 0 Å². The topological polar surface area (TPSA) is 70.0 Å². The first-order valence-corrected chi connectivity index (χ1v) is 11.9. The second kappa shape index (κ2) is 9.60. The van der Waals surface area contributed by atoms with Crippen molar-refractivity contribution in [2.75, 3.05) is 20.7 Å². The van der Waals surface area contributed by atoms with Crippen molar-refractivity contribution in [3.63, 3.8) is 0 Å². The predicted molar refractivity (Wildman–Crippen MR) is 123 cm³/mol. The Morgan fingerprint density at radius 2 is 2.06 bits per heavy atom. The lowest BCUT2D eigenvalue weighted by Crippen LogP contribution is -2.42. The number of aliphatic hydroxyl groups is 2. The zero-order valence-corrected chi connectivity index (χ0v) is 19.8. The van der Waals surface area contributed by atoms with Gasteiger partial charge in [0.15, 0.2) is 5.79 Å². The zero-order chi connectivity index (χ0) is 22.8. The number of amides is 1. The molecule has 0 bridgehead atoms. The summed E-state index contributed by atoms with van der Waals surface area (Å²) >= 11 is 0. The summed E-state index contributed by atoms with van der Waals surface area (Å²) in [5, 5.41) is 21.5. The van der Waals surface area contributed by atoms with E-state index in [4.69, 9.17) is 4.74 Å². The van der Waals surface area contributed by atoms with Crippen LogP contribution in [-0.2, 0) is 9.53 Å². The molecule has 3 saturated carbocycles. The van der Waals surface area contributed by atoms with Crippen molar-refractivity contribution in [3.05, 3.63) is 35.5 Å². The average Bonchev–Trinajstić information content (AvgIpc) is 3.06. The van der Waals surface area contributed by atoms with Gasteiger partial charge >= 0.3 is 0 Å². The molecule has 0 aromatic heterocycles. The van der Waals surface area contributed by atoms with Gasteiger partial charge < -0.3 is 19.8 Å². The van der Waals surface area contributed by atoms with Crippen molar-refractivity contribution in [1.82, 2.24) is 4.90 Å². The van der Waals surface area contributed by atoms with Gasteiger partial charge in [0.1, 0.15) is 0 Å². The molecule has 5 atom stereocenters. The summed E-state index contributed by atoms with van der Waals surface area (Å²) in [5.74, 6) is -0.0768. The Bertz CT molecular complexity index is 755. The van der Waals surface area contributed by atoms with Crippen LogP contribution >= 0.6 is 0 Å². The van der Waals surface area contributed by atoms with Gasteiger partial charge in [-0.15, -0.1) is 0 Å². The number of nitrogens with zero attached hydrogens (tertiary/aromatic N) is 1. The van der Waals surface area contributed by atoms with Crippen molar-refractivity contribution in [2.24, 2.45) is 17.3 Å². The second-order valence-electron chi connectivity index (χ2n) is 10.3. The number of allylic oxidation sites excluding steroid dienone is 3. The second-order valence-corrected chi connectivity index (χ2v) is 10.3. The number of aliphatic hydroxyl groups excluding tert-OH is 1. The van der Waals surface area contributed by atoms with Crippen LogP contribution < -0.4 is 0 Å². The Balaban J connectivity index is 1.73. The Morgan fingerprint density at radius 1 is 1.32 bits per heavy atom. The van der Waals surface area contributed by atoms with Crippen LogP contribution in [0.25, 0.3) is 0 Å². The molecule has 3 aliphatic carbocycles. The van der Waals surface area contributed by atoms with Crippen molar-refractivity contribution >= 4 is 5.91 Å². The molecule has 0 radical (unpaired) electrons. The van der Waals surface area contributed by atoms with Crippen molar-refractivity contribution in [2.45, 2.75) is 83.5 Å². The van der Waals surface area contributed by atoms with Gasteiger partial charge in [-0.1, -0.05) is 44.6 Å². The smallest absolute Gasteiger partial charge is 0.224 e. The van der Waals surface area contributed by atoms with E-state index in [0.29, 0.717) is 16.9 Å². The Hall–Kier alpha value is -1.43. The number of hydrogen-bond acceptors (Lipinski definition) is 4. The highest BCUT2D eigenvalue weighted by molar-refractivity contribution is 5.75. The van der Waals surface area contributed by atoms with E-state index in [1.165, 1.54) is 42.6 Å². The summed E-state index contributed by atoms with van der Waals surface area (Å²) in [5.41, 5.74) is 3.41. The predicted octanol–water partition coefficient (Wildman–Crippen LogP) is 4.36. The van der Waals surface area contributed by atoms with Crippen LogP contribution in [0.1, 0.15) is 71.6 Å². The molecule has 174 valence electrons. The van der Waals surface area contributed by atoms with Gasteiger partial charge in [0.05, 0.1) is 19.1 Å². The van der Waals surface area contributed by atoms with E-state index in [2.05, 4.69) is 26.5 Å². The number of hydrogen-bond donors (Lipinski definition) is 2. The number of carbonyl (C=O) groups excluding carboxylic acids is 1. The summed E-state index contributed by atoms with van der Waals surface area (Å²) in [4.78, 5) is 13.3. The third-order valence-electron chi connectivity index (χ3n) is 8.13. The molecule has 3 fully saturated rings. The van der Waals surface area contributed by atoms with E-state index in [9.17, 15) is 15.0 Å². The maximum absolute atomic E-state index is 11.8. The lowest BCUT2D eigenvalue weighted by Gasteiger charge is -2.42. The van der Waals surface area contributed by atoms with Gasteiger partial charge in [0, 0.05) is 26.9 Å². The Kier molecular flexibility index (Phi) is 7.50. The quantitative estimate of drug-likeness (QED) is 0.613. The standard InChI is InChI=1S/C26H41NO4/c1-6-21-11-12-22-19(8-7-14-25(21,22)3)9-10-20-16-26(30,17-23(28)18(20)2)31-15-13-24(29)27(4)5/h9-10,21-23,28,30H,2,6-8,11-17H2,1,3-5H3/t21-,22-,23?,25+,26+/m0/s1. The van der Waals surface area contributed by atoms with Gasteiger partial charge in [0.2, 0.25) is 5.91 Å². The molecule has 0 saturated heterocycles. The van der Waals surface area contributed by atoms with Crippen molar-refractivity contribution < 1.29 is 19.7 Å². The fraction of sp³-hybridized carbons (Fsp3) is 0.731. The molecule has 1 amide bonds. The number of rotatable bonds is 6. The molecule has 0 aromatic rings. The van der Waals surface area contributed by atoms with Crippen LogP contribution in [0, 0.1) is 17.3 Å². The molecule has 0 aromatic carbocycles. The van der Waals surface area contributed by atoms with E-state index in [-0.39, 0.29) is 31.8 Å². The summed E-state index contributed by atoms with van der Waals surface area (Å²) in [7, 11) is 3.39. The maximum Gasteiger partial charge on any atom is 0.224 e. The normalized spacial score (nSPS) is 38.5. The summed E-state index contributed by atoms with van der Waals surface area (Å²) in [6.07, 6.45) is 11.5. The largest absolute Gasteiger partial charge is 0.388 e. The average molecular weight is 432 g/mol. The molecule has 1 unspecified atom stereocenters. The number of fused-ring (bicyclic) bond motifs is 1. The van der Waals surface area contributed by atoms with E-state index in [1.54, 1.807) is 14.1 Å². The van der Waals surface area contributed by atoms with Gasteiger partial charge in [0.25, 0.3) is 0 Å². The minimum absolute atomic E-state index is 0.0489.